The van der Waals surface area contributed by atoms with Gasteiger partial charge in [0, 0.05) is 0 Å². The average Bonchev–Trinajstić information content (AvgIpc) is 2.92. The van der Waals surface area contributed by atoms with Crippen molar-refractivity contribution in [3.05, 3.63) is 64.7 Å². The van der Waals surface area contributed by atoms with Crippen molar-refractivity contribution in [2.75, 3.05) is 0 Å². The summed E-state index contributed by atoms with van der Waals surface area (Å²) in [6.07, 6.45) is 4.35. The van der Waals surface area contributed by atoms with Crippen LogP contribution in [0.15, 0.2) is 42.5 Å². The first-order valence-electron chi connectivity index (χ1n) is 8.86. The molecule has 2 aromatic carbocycles. The Bertz CT molecular complexity index is 883. The van der Waals surface area contributed by atoms with Crippen molar-refractivity contribution in [2.24, 2.45) is 0 Å². The number of hydrogen-bond acceptors (Lipinski definition) is 4. The van der Waals surface area contributed by atoms with Crippen molar-refractivity contribution in [3.63, 3.8) is 0 Å². The van der Waals surface area contributed by atoms with E-state index in [2.05, 4.69) is 0 Å². The minimum absolute atomic E-state index is 0.325. The zero-order valence-electron chi connectivity index (χ0n) is 14.5. The fourth-order valence-corrected chi connectivity index (χ4v) is 3.64. The number of rotatable bonds is 3. The van der Waals surface area contributed by atoms with Crippen LogP contribution in [0.4, 0.5) is 0 Å². The second-order valence-corrected chi connectivity index (χ2v) is 6.76. The maximum Gasteiger partial charge on any atom is 0.334 e. The smallest absolute Gasteiger partial charge is 0.334 e. The largest absolute Gasteiger partial charge is 0.425 e. The van der Waals surface area contributed by atoms with Gasteiger partial charge in [0.05, 0.1) is 11.1 Å². The zero-order chi connectivity index (χ0) is 18.3. The molecule has 132 valence electrons. The van der Waals surface area contributed by atoms with E-state index in [0.717, 1.165) is 24.2 Å². The molecule has 1 atom stereocenters. The number of fused-ring (bicyclic) bond motifs is 2. The monoisotopic (exact) mass is 349 g/mol. The first kappa shape index (κ1) is 16.5. The van der Waals surface area contributed by atoms with Gasteiger partial charge in [0.1, 0.15) is 11.8 Å². The predicted molar refractivity (Wildman–Crippen MR) is 95.1 cm³/mol. The van der Waals surface area contributed by atoms with Gasteiger partial charge >= 0.3 is 5.97 Å². The van der Waals surface area contributed by atoms with E-state index in [4.69, 9.17) is 4.74 Å². The zero-order valence-corrected chi connectivity index (χ0v) is 14.5. The maximum absolute atomic E-state index is 12.5. The molecule has 2 amide bonds. The third kappa shape index (κ3) is 2.69. The topological polar surface area (TPSA) is 63.7 Å². The normalized spacial score (nSPS) is 16.9. The molecule has 0 aromatic heterocycles. The summed E-state index contributed by atoms with van der Waals surface area (Å²) < 4.78 is 5.47. The van der Waals surface area contributed by atoms with Gasteiger partial charge in [0.25, 0.3) is 11.8 Å². The number of benzene rings is 2. The first-order valence-corrected chi connectivity index (χ1v) is 8.86. The van der Waals surface area contributed by atoms with Gasteiger partial charge in [-0.25, -0.2) is 4.79 Å². The van der Waals surface area contributed by atoms with Crippen LogP contribution in [0.5, 0.6) is 5.75 Å². The van der Waals surface area contributed by atoms with E-state index < -0.39 is 23.8 Å². The Labute approximate surface area is 151 Å². The summed E-state index contributed by atoms with van der Waals surface area (Å²) in [5.41, 5.74) is 3.15. The number of amides is 2. The van der Waals surface area contributed by atoms with Crippen molar-refractivity contribution in [2.45, 2.75) is 38.6 Å². The summed E-state index contributed by atoms with van der Waals surface area (Å²) in [5.74, 6) is -1.07. The predicted octanol–water partition coefficient (Wildman–Crippen LogP) is 3.16. The van der Waals surface area contributed by atoms with Crippen LogP contribution in [-0.2, 0) is 17.6 Å². The third-order valence-corrected chi connectivity index (χ3v) is 5.09. The highest BCUT2D eigenvalue weighted by atomic mass is 16.5. The summed E-state index contributed by atoms with van der Waals surface area (Å²) in [4.78, 5) is 38.5. The van der Waals surface area contributed by atoms with E-state index in [0.29, 0.717) is 16.9 Å². The average molecular weight is 349 g/mol. The number of hydrogen-bond donors (Lipinski definition) is 0. The number of imide groups is 1. The molecular formula is C21H19NO4. The molecule has 5 heteroatoms. The second kappa shape index (κ2) is 6.41. The Balaban J connectivity index is 1.52. The van der Waals surface area contributed by atoms with E-state index in [1.54, 1.807) is 30.3 Å². The highest BCUT2D eigenvalue weighted by molar-refractivity contribution is 6.22. The fourth-order valence-electron chi connectivity index (χ4n) is 3.64. The summed E-state index contributed by atoms with van der Waals surface area (Å²) in [5, 5.41) is 0. The van der Waals surface area contributed by atoms with Crippen molar-refractivity contribution >= 4 is 17.8 Å². The number of nitrogens with zero attached hydrogens (tertiary/aromatic N) is 1. The van der Waals surface area contributed by atoms with Gasteiger partial charge in [0.15, 0.2) is 0 Å². The Kier molecular flexibility index (Phi) is 4.07. The van der Waals surface area contributed by atoms with Crippen LogP contribution in [0.3, 0.4) is 0 Å². The van der Waals surface area contributed by atoms with Crippen LogP contribution in [0.1, 0.15) is 51.6 Å². The summed E-state index contributed by atoms with van der Waals surface area (Å²) in [6.45, 7) is 1.52. The van der Waals surface area contributed by atoms with Crippen LogP contribution >= 0.6 is 0 Å². The molecule has 0 bridgehead atoms. The van der Waals surface area contributed by atoms with Crippen LogP contribution in [0, 0.1) is 0 Å². The molecular weight excluding hydrogens is 330 g/mol. The molecule has 0 saturated heterocycles. The summed E-state index contributed by atoms with van der Waals surface area (Å²) >= 11 is 0. The molecule has 0 N–H and O–H groups in total. The van der Waals surface area contributed by atoms with E-state index in [9.17, 15) is 14.4 Å². The van der Waals surface area contributed by atoms with E-state index in [-0.39, 0.29) is 0 Å². The highest BCUT2D eigenvalue weighted by Crippen LogP contribution is 2.27. The minimum Gasteiger partial charge on any atom is -0.425 e. The Morgan fingerprint density at radius 2 is 1.58 bits per heavy atom. The summed E-state index contributed by atoms with van der Waals surface area (Å²) in [6, 6.07) is 11.3. The molecule has 0 saturated carbocycles. The molecule has 1 unspecified atom stereocenters. The lowest BCUT2D eigenvalue weighted by molar-refractivity contribution is -0.138. The van der Waals surface area contributed by atoms with Gasteiger partial charge in [-0.3, -0.25) is 14.5 Å². The van der Waals surface area contributed by atoms with Crippen molar-refractivity contribution in [1.82, 2.24) is 4.90 Å². The third-order valence-electron chi connectivity index (χ3n) is 5.09. The van der Waals surface area contributed by atoms with E-state index >= 15 is 0 Å². The van der Waals surface area contributed by atoms with Crippen molar-refractivity contribution in [3.8, 4) is 5.75 Å². The molecule has 0 fully saturated rings. The number of aryl methyl sites for hydroxylation is 2. The van der Waals surface area contributed by atoms with Crippen molar-refractivity contribution in [1.29, 1.82) is 0 Å². The van der Waals surface area contributed by atoms with Gasteiger partial charge in [-0.1, -0.05) is 18.2 Å². The van der Waals surface area contributed by atoms with Crippen LogP contribution in [0.25, 0.3) is 0 Å². The molecule has 26 heavy (non-hydrogen) atoms. The molecule has 2 aromatic rings. The molecule has 2 aliphatic rings. The van der Waals surface area contributed by atoms with Gasteiger partial charge in [-0.05, 0) is 68.0 Å². The summed E-state index contributed by atoms with van der Waals surface area (Å²) in [7, 11) is 0. The molecule has 0 radical (unpaired) electrons. The second-order valence-electron chi connectivity index (χ2n) is 6.76. The minimum atomic E-state index is -0.988. The first-order chi connectivity index (χ1) is 12.6. The van der Waals surface area contributed by atoms with Gasteiger partial charge < -0.3 is 4.74 Å². The van der Waals surface area contributed by atoms with E-state index in [1.165, 1.54) is 24.5 Å². The Hall–Kier alpha value is -2.95. The lowest BCUT2D eigenvalue weighted by Crippen LogP contribution is -2.44. The Morgan fingerprint density at radius 1 is 0.962 bits per heavy atom. The lowest BCUT2D eigenvalue weighted by atomic mass is 9.92. The van der Waals surface area contributed by atoms with Crippen molar-refractivity contribution < 1.29 is 19.1 Å². The lowest BCUT2D eigenvalue weighted by Gasteiger charge is -2.21. The SMILES string of the molecule is CC(C(=O)Oc1ccc2c(c1)CCCC2)N1C(=O)c2ccccc2C1=O. The standard InChI is InChI=1S/C21H19NO4/c1-13(22-19(23)17-8-4-5-9-18(17)20(22)24)21(25)26-16-11-10-14-6-2-3-7-15(14)12-16/h4-5,8-13H,2-3,6-7H2,1H3. The molecule has 4 rings (SSSR count). The number of ether oxygens (including phenoxy) is 1. The molecule has 1 heterocycles. The molecule has 0 spiro atoms. The maximum atomic E-state index is 12.5. The van der Waals surface area contributed by atoms with Gasteiger partial charge in [0.2, 0.25) is 0 Å². The molecule has 1 aliphatic heterocycles. The van der Waals surface area contributed by atoms with Gasteiger partial charge in [-0.2, -0.15) is 0 Å². The van der Waals surface area contributed by atoms with Gasteiger partial charge in [-0.15, -0.1) is 0 Å². The quantitative estimate of drug-likeness (QED) is 0.485. The number of carbonyl (C=O) groups is 3. The number of esters is 1. The number of carbonyl (C=O) groups excluding carboxylic acids is 3. The van der Waals surface area contributed by atoms with E-state index in [1.807, 2.05) is 12.1 Å². The fraction of sp³-hybridized carbons (Fsp3) is 0.286. The Morgan fingerprint density at radius 3 is 2.23 bits per heavy atom. The van der Waals surface area contributed by atoms with Crippen LogP contribution in [-0.4, -0.2) is 28.7 Å². The van der Waals surface area contributed by atoms with Crippen LogP contribution < -0.4 is 4.74 Å². The molecule has 1 aliphatic carbocycles. The van der Waals surface area contributed by atoms with Crippen LogP contribution in [0.2, 0.25) is 0 Å². The highest BCUT2D eigenvalue weighted by Gasteiger charge is 2.41. The molecule has 5 nitrogen and oxygen atoms in total.